The van der Waals surface area contributed by atoms with Gasteiger partial charge in [0.15, 0.2) is 18.9 Å². The number of allylic oxidation sites excluding steroid dienone is 2. The molecular formula is C13H19N2O+. The zero-order chi connectivity index (χ0) is 11.8. The zero-order valence-corrected chi connectivity index (χ0v) is 9.93. The molecule has 0 fully saturated rings. The Kier molecular flexibility index (Phi) is 5.43. The van der Waals surface area contributed by atoms with Crippen molar-refractivity contribution in [2.75, 3.05) is 13.7 Å². The van der Waals surface area contributed by atoms with Gasteiger partial charge in [0.25, 0.3) is 0 Å². The quantitative estimate of drug-likeness (QED) is 0.590. The summed E-state index contributed by atoms with van der Waals surface area (Å²) in [5.74, 6) is 0. The summed E-state index contributed by atoms with van der Waals surface area (Å²) in [4.78, 5) is 3.96. The predicted molar refractivity (Wildman–Crippen MR) is 66.4 cm³/mol. The smallest absolute Gasteiger partial charge is 0.171 e. The highest BCUT2D eigenvalue weighted by molar-refractivity contribution is 5.84. The van der Waals surface area contributed by atoms with Crippen LogP contribution in [0.4, 0.5) is 0 Å². The average molecular weight is 219 g/mol. The summed E-state index contributed by atoms with van der Waals surface area (Å²) in [6.07, 6.45) is 8.80. The first kappa shape index (κ1) is 12.6. The summed E-state index contributed by atoms with van der Waals surface area (Å²) < 4.78 is 1.96. The first-order valence-electron chi connectivity index (χ1n) is 5.53. The lowest BCUT2D eigenvalue weighted by molar-refractivity contribution is -0.698. The number of pyridine rings is 1. The summed E-state index contributed by atoms with van der Waals surface area (Å²) >= 11 is 0. The summed E-state index contributed by atoms with van der Waals surface area (Å²) in [6.45, 7) is 2.94. The summed E-state index contributed by atoms with van der Waals surface area (Å²) in [6, 6.07) is 4.13. The van der Waals surface area contributed by atoms with Crippen molar-refractivity contribution in [3.8, 4) is 0 Å². The first-order chi connectivity index (χ1) is 7.81. The van der Waals surface area contributed by atoms with E-state index in [1.165, 1.54) is 11.1 Å². The molecule has 3 nitrogen and oxygen atoms in total. The second-order valence-corrected chi connectivity index (χ2v) is 3.50. The molecule has 0 radical (unpaired) electrons. The maximum absolute atomic E-state index is 8.81. The Labute approximate surface area is 96.8 Å². The third kappa shape index (κ3) is 3.59. The molecule has 0 bridgehead atoms. The van der Waals surface area contributed by atoms with Crippen LogP contribution < -0.4 is 4.57 Å². The number of nitrogens with zero attached hydrogens (tertiary/aromatic N) is 2. The molecule has 1 aromatic rings. The second kappa shape index (κ2) is 6.90. The number of hydrogen-bond donors (Lipinski definition) is 1. The minimum absolute atomic E-state index is 0.170. The van der Waals surface area contributed by atoms with Gasteiger partial charge in [-0.05, 0) is 23.6 Å². The number of aliphatic hydroxyl groups excluding tert-OH is 1. The number of aromatic nitrogens is 1. The van der Waals surface area contributed by atoms with Gasteiger partial charge >= 0.3 is 0 Å². The van der Waals surface area contributed by atoms with Crippen molar-refractivity contribution in [3.63, 3.8) is 0 Å². The van der Waals surface area contributed by atoms with Gasteiger partial charge in [-0.25, -0.2) is 4.57 Å². The van der Waals surface area contributed by atoms with Crippen LogP contribution >= 0.6 is 0 Å². The van der Waals surface area contributed by atoms with Crippen LogP contribution in [0.25, 0.3) is 5.57 Å². The average Bonchev–Trinajstić information content (AvgIpc) is 2.32. The molecule has 1 heterocycles. The van der Waals surface area contributed by atoms with Crippen LogP contribution in [-0.2, 0) is 6.54 Å². The molecule has 0 saturated heterocycles. The van der Waals surface area contributed by atoms with Crippen molar-refractivity contribution in [2.24, 2.45) is 4.99 Å². The third-order valence-electron chi connectivity index (χ3n) is 2.43. The molecule has 0 saturated carbocycles. The fraction of sp³-hybridized carbons (Fsp3) is 0.385. The molecule has 0 aromatic carbocycles. The molecule has 0 amide bonds. The number of aliphatic imine (C=N–C) groups is 1. The maximum Gasteiger partial charge on any atom is 0.171 e. The highest BCUT2D eigenvalue weighted by Gasteiger charge is 2.02. The molecule has 1 aromatic heterocycles. The van der Waals surface area contributed by atoms with Gasteiger partial charge in [0.2, 0.25) is 0 Å². The SMILES string of the molecule is CC/C(=C\C=N\C)c1cc[n+](CCO)cc1. The van der Waals surface area contributed by atoms with Gasteiger partial charge in [-0.2, -0.15) is 0 Å². The largest absolute Gasteiger partial charge is 0.390 e. The molecule has 1 N–H and O–H groups in total. The molecule has 0 aliphatic heterocycles. The van der Waals surface area contributed by atoms with Crippen molar-refractivity contribution in [3.05, 3.63) is 36.2 Å². The summed E-state index contributed by atoms with van der Waals surface area (Å²) in [5, 5.41) is 8.81. The van der Waals surface area contributed by atoms with E-state index in [0.717, 1.165) is 6.42 Å². The summed E-state index contributed by atoms with van der Waals surface area (Å²) in [5.41, 5.74) is 2.47. The Hall–Kier alpha value is -1.48. The Balaban J connectivity index is 2.86. The lowest BCUT2D eigenvalue weighted by Gasteiger charge is -2.02. The van der Waals surface area contributed by atoms with Gasteiger partial charge in [-0.1, -0.05) is 6.92 Å². The van der Waals surface area contributed by atoms with Crippen LogP contribution in [-0.4, -0.2) is 25.0 Å². The van der Waals surface area contributed by atoms with Gasteiger partial charge in [-0.15, -0.1) is 0 Å². The number of rotatable bonds is 5. The lowest BCUT2D eigenvalue weighted by Crippen LogP contribution is -2.34. The fourth-order valence-electron chi connectivity index (χ4n) is 1.52. The van der Waals surface area contributed by atoms with Crippen molar-refractivity contribution < 1.29 is 9.67 Å². The minimum Gasteiger partial charge on any atom is -0.390 e. The van der Waals surface area contributed by atoms with Crippen LogP contribution in [0.3, 0.4) is 0 Å². The Bertz CT molecular complexity index is 366. The highest BCUT2D eigenvalue weighted by atomic mass is 16.3. The molecule has 0 spiro atoms. The topological polar surface area (TPSA) is 36.5 Å². The van der Waals surface area contributed by atoms with Crippen LogP contribution in [0.2, 0.25) is 0 Å². The van der Waals surface area contributed by atoms with E-state index in [2.05, 4.69) is 24.0 Å². The van der Waals surface area contributed by atoms with Crippen molar-refractivity contribution >= 4 is 11.8 Å². The van der Waals surface area contributed by atoms with Gasteiger partial charge < -0.3 is 5.11 Å². The van der Waals surface area contributed by atoms with Crippen LogP contribution in [0.5, 0.6) is 0 Å². The van der Waals surface area contributed by atoms with E-state index in [1.54, 1.807) is 7.05 Å². The van der Waals surface area contributed by atoms with Crippen molar-refractivity contribution in [1.82, 2.24) is 0 Å². The zero-order valence-electron chi connectivity index (χ0n) is 9.93. The van der Waals surface area contributed by atoms with E-state index < -0.39 is 0 Å². The van der Waals surface area contributed by atoms with E-state index in [1.807, 2.05) is 29.3 Å². The third-order valence-corrected chi connectivity index (χ3v) is 2.43. The predicted octanol–water partition coefficient (Wildman–Crippen LogP) is 1.46. The van der Waals surface area contributed by atoms with Crippen molar-refractivity contribution in [1.29, 1.82) is 0 Å². The van der Waals surface area contributed by atoms with Gasteiger partial charge in [0.1, 0.15) is 6.61 Å². The normalized spacial score (nSPS) is 12.3. The molecule has 0 unspecified atom stereocenters. The van der Waals surface area contributed by atoms with Crippen LogP contribution in [0.1, 0.15) is 18.9 Å². The van der Waals surface area contributed by atoms with E-state index in [0.29, 0.717) is 6.54 Å². The van der Waals surface area contributed by atoms with E-state index in [-0.39, 0.29) is 6.61 Å². The Morgan fingerprint density at radius 1 is 1.44 bits per heavy atom. The minimum atomic E-state index is 0.170. The van der Waals surface area contributed by atoms with E-state index in [4.69, 9.17) is 5.11 Å². The Morgan fingerprint density at radius 3 is 2.62 bits per heavy atom. The van der Waals surface area contributed by atoms with Gasteiger partial charge in [-0.3, -0.25) is 4.99 Å². The molecule has 3 heteroatoms. The monoisotopic (exact) mass is 219 g/mol. The van der Waals surface area contributed by atoms with Crippen molar-refractivity contribution in [2.45, 2.75) is 19.9 Å². The molecule has 0 aliphatic carbocycles. The Morgan fingerprint density at radius 2 is 2.12 bits per heavy atom. The molecule has 1 rings (SSSR count). The maximum atomic E-state index is 8.81. The molecular weight excluding hydrogens is 200 g/mol. The number of aliphatic hydroxyl groups is 1. The first-order valence-corrected chi connectivity index (χ1v) is 5.53. The molecule has 0 aliphatic rings. The fourth-order valence-corrected chi connectivity index (χ4v) is 1.52. The van der Waals surface area contributed by atoms with E-state index >= 15 is 0 Å². The highest BCUT2D eigenvalue weighted by Crippen LogP contribution is 2.15. The van der Waals surface area contributed by atoms with Crippen LogP contribution in [0.15, 0.2) is 35.6 Å². The second-order valence-electron chi connectivity index (χ2n) is 3.50. The van der Waals surface area contributed by atoms with Gasteiger partial charge in [0.05, 0.1) is 0 Å². The molecule has 0 atom stereocenters. The summed E-state index contributed by atoms with van der Waals surface area (Å²) in [7, 11) is 1.77. The standard InChI is InChI=1S/C13H19N2O/c1-3-12(4-7-14-2)13-5-8-15(9-6-13)10-11-16/h4-9,16H,3,10-11H2,1-2H3/q+1/b12-4+,14-7+. The lowest BCUT2D eigenvalue weighted by atomic mass is 10.1. The molecule has 86 valence electrons. The van der Waals surface area contributed by atoms with Crippen LogP contribution in [0, 0.1) is 0 Å². The van der Waals surface area contributed by atoms with E-state index in [9.17, 15) is 0 Å². The van der Waals surface area contributed by atoms with Gasteiger partial charge in [0, 0.05) is 25.4 Å². The molecule has 16 heavy (non-hydrogen) atoms. The number of hydrogen-bond acceptors (Lipinski definition) is 2.